The second kappa shape index (κ2) is 6.21. The molecule has 0 radical (unpaired) electrons. The normalized spacial score (nSPS) is 6.17. The minimum atomic E-state index is -0.829. The molecule has 34 valence electrons. The summed E-state index contributed by atoms with van der Waals surface area (Å²) in [4.78, 5) is 9.32. The molecule has 0 fully saturated rings. The molecule has 0 aliphatic carbocycles. The van der Waals surface area contributed by atoms with E-state index in [4.69, 9.17) is 5.11 Å². The Hall–Kier alpha value is 1.21. The summed E-state index contributed by atoms with van der Waals surface area (Å²) < 4.78 is 0. The predicted octanol–water partition coefficient (Wildman–Crippen LogP) is -0.450. The zero-order valence-corrected chi connectivity index (χ0v) is 4.03. The number of hydrogen-bond donors (Lipinski definition) is 1. The molecule has 0 bridgehead atoms. The maximum atomic E-state index is 9.32. The summed E-state index contributed by atoms with van der Waals surface area (Å²) in [5.41, 5.74) is 0. The van der Waals surface area contributed by atoms with Crippen molar-refractivity contribution in [2.24, 2.45) is 0 Å². The molecule has 0 rings (SSSR count). The summed E-state index contributed by atoms with van der Waals surface area (Å²) in [7, 11) is 0. The Balaban J connectivity index is 0. The van der Waals surface area contributed by atoms with Crippen molar-refractivity contribution in [2.45, 2.75) is 0 Å². The third-order valence-corrected chi connectivity index (χ3v) is 0.594. The van der Waals surface area contributed by atoms with Gasteiger partial charge in [0.25, 0.3) is 0 Å². The van der Waals surface area contributed by atoms with Gasteiger partial charge in [-0.1, -0.05) is 15.9 Å². The molecule has 0 amide bonds. The molecule has 0 saturated carbocycles. The van der Waals surface area contributed by atoms with Crippen LogP contribution in [0, 0.1) is 0 Å². The van der Waals surface area contributed by atoms with Gasteiger partial charge in [-0.15, -0.1) is 0 Å². The third-order valence-electron chi connectivity index (χ3n) is 0.114. The number of carbonyl (C=O) groups is 1. The van der Waals surface area contributed by atoms with Crippen LogP contribution in [0.1, 0.15) is 0 Å². The van der Waals surface area contributed by atoms with Crippen molar-refractivity contribution in [2.75, 3.05) is 5.33 Å². The first-order valence-corrected chi connectivity index (χ1v) is 2.17. The number of hydrogen-bond acceptors (Lipinski definition) is 1. The van der Waals surface area contributed by atoms with E-state index in [0.29, 0.717) is 0 Å². The van der Waals surface area contributed by atoms with Gasteiger partial charge < -0.3 is 5.11 Å². The topological polar surface area (TPSA) is 37.3 Å². The van der Waals surface area contributed by atoms with Crippen LogP contribution in [-0.4, -0.2) is 54.1 Å². The Kier molecular flexibility index (Phi) is 10.6. The molecule has 0 heterocycles. The predicted molar refractivity (Wildman–Crippen MR) is 30.0 cm³/mol. The average molecular weight is 181 g/mol. The van der Waals surface area contributed by atoms with Gasteiger partial charge in [0.05, 0.1) is 0 Å². The van der Waals surface area contributed by atoms with E-state index in [2.05, 4.69) is 15.9 Å². The molecule has 0 unspecified atom stereocenters. The molecule has 0 aromatic heterocycles. The van der Waals surface area contributed by atoms with Crippen LogP contribution in [0.4, 0.5) is 0 Å². The van der Waals surface area contributed by atoms with Crippen molar-refractivity contribution in [3.63, 3.8) is 0 Å². The van der Waals surface area contributed by atoms with E-state index in [9.17, 15) is 4.79 Å². The van der Waals surface area contributed by atoms with Gasteiger partial charge in [-0.3, -0.25) is 4.79 Å². The monoisotopic (exact) mass is 180 g/mol. The van der Waals surface area contributed by atoms with Crippen LogP contribution in [-0.2, 0) is 4.79 Å². The molecular formula is C2H5BrCaO2. The summed E-state index contributed by atoms with van der Waals surface area (Å²) >= 11 is 2.71. The van der Waals surface area contributed by atoms with Crippen molar-refractivity contribution in [3.8, 4) is 0 Å². The van der Waals surface area contributed by atoms with Gasteiger partial charge >= 0.3 is 43.7 Å². The molecule has 0 aromatic rings. The van der Waals surface area contributed by atoms with E-state index in [0.717, 1.165) is 0 Å². The number of carboxylic acid groups (broad SMARTS) is 1. The van der Waals surface area contributed by atoms with E-state index in [1.54, 1.807) is 0 Å². The average Bonchev–Trinajstić information content (AvgIpc) is 1.38. The van der Waals surface area contributed by atoms with Crippen LogP contribution in [0.15, 0.2) is 0 Å². The molecule has 0 atom stereocenters. The zero-order valence-electron chi connectivity index (χ0n) is 2.44. The number of rotatable bonds is 1. The number of alkyl halides is 1. The van der Waals surface area contributed by atoms with Gasteiger partial charge in [0.2, 0.25) is 0 Å². The van der Waals surface area contributed by atoms with Gasteiger partial charge in [-0.25, -0.2) is 0 Å². The Bertz CT molecular complexity index is 46.8. The molecule has 4 heteroatoms. The molecule has 0 aliphatic rings. The summed E-state index contributed by atoms with van der Waals surface area (Å²) in [5, 5.41) is 7.71. The summed E-state index contributed by atoms with van der Waals surface area (Å²) in [6.07, 6.45) is 0. The molecule has 1 N–H and O–H groups in total. The second-order valence-electron chi connectivity index (χ2n) is 0.527. The van der Waals surface area contributed by atoms with Gasteiger partial charge in [-0.2, -0.15) is 0 Å². The fourth-order valence-corrected chi connectivity index (χ4v) is 0. The minimum absolute atomic E-state index is 0. The van der Waals surface area contributed by atoms with E-state index in [1.807, 2.05) is 0 Å². The quantitative estimate of drug-likeness (QED) is 0.439. The van der Waals surface area contributed by atoms with Crippen LogP contribution >= 0.6 is 15.9 Å². The fraction of sp³-hybridized carbons (Fsp3) is 0.500. The Morgan fingerprint density at radius 2 is 2.00 bits per heavy atom. The number of carboxylic acids is 1. The van der Waals surface area contributed by atoms with Crippen molar-refractivity contribution >= 4 is 59.6 Å². The molecular weight excluding hydrogens is 176 g/mol. The van der Waals surface area contributed by atoms with Crippen LogP contribution in [0.2, 0.25) is 0 Å². The first kappa shape index (κ1) is 10.2. The van der Waals surface area contributed by atoms with Gasteiger partial charge in [-0.05, 0) is 0 Å². The van der Waals surface area contributed by atoms with Crippen LogP contribution < -0.4 is 0 Å². The van der Waals surface area contributed by atoms with E-state index < -0.39 is 5.97 Å². The van der Waals surface area contributed by atoms with E-state index in [1.165, 1.54) is 0 Å². The fourth-order valence-electron chi connectivity index (χ4n) is 0. The second-order valence-corrected chi connectivity index (χ2v) is 1.09. The summed E-state index contributed by atoms with van der Waals surface area (Å²) in [5.74, 6) is -0.829. The van der Waals surface area contributed by atoms with Crippen molar-refractivity contribution in [1.29, 1.82) is 0 Å². The summed E-state index contributed by atoms with van der Waals surface area (Å²) in [6, 6.07) is 0. The van der Waals surface area contributed by atoms with Crippen molar-refractivity contribution in [3.05, 3.63) is 0 Å². The van der Waals surface area contributed by atoms with E-state index in [-0.39, 0.29) is 43.1 Å². The Morgan fingerprint density at radius 3 is 2.00 bits per heavy atom. The number of aliphatic carboxylic acids is 1. The van der Waals surface area contributed by atoms with E-state index >= 15 is 0 Å². The van der Waals surface area contributed by atoms with Crippen molar-refractivity contribution in [1.82, 2.24) is 0 Å². The standard InChI is InChI=1S/C2H3BrO2.Ca.2H/c3-1-2(4)5;;;/h1H2,(H,4,5);;;. The molecule has 0 aromatic carbocycles. The van der Waals surface area contributed by atoms with Gasteiger partial charge in [0.15, 0.2) is 0 Å². The molecule has 0 saturated heterocycles. The SMILES string of the molecule is O=C(O)CBr.[CaH2]. The number of halogens is 1. The maximum absolute atomic E-state index is 9.32. The molecule has 2 nitrogen and oxygen atoms in total. The van der Waals surface area contributed by atoms with Gasteiger partial charge in [0.1, 0.15) is 5.33 Å². The third kappa shape index (κ3) is 8.96. The molecule has 0 spiro atoms. The molecule has 0 aliphatic heterocycles. The van der Waals surface area contributed by atoms with Crippen molar-refractivity contribution < 1.29 is 9.90 Å². The van der Waals surface area contributed by atoms with Crippen LogP contribution in [0.3, 0.4) is 0 Å². The van der Waals surface area contributed by atoms with Gasteiger partial charge in [0, 0.05) is 0 Å². The molecule has 6 heavy (non-hydrogen) atoms. The van der Waals surface area contributed by atoms with Crippen LogP contribution in [0.25, 0.3) is 0 Å². The Labute approximate surface area is 74.0 Å². The van der Waals surface area contributed by atoms with Crippen LogP contribution in [0.5, 0.6) is 0 Å². The zero-order chi connectivity index (χ0) is 4.28. The first-order valence-electron chi connectivity index (χ1n) is 1.05. The summed E-state index contributed by atoms with van der Waals surface area (Å²) in [6.45, 7) is 0. The first-order chi connectivity index (χ1) is 2.27. The Morgan fingerprint density at radius 1 is 1.83 bits per heavy atom.